The number of carbonyl (C=O) groups excluding carboxylic acids is 3. The van der Waals surface area contributed by atoms with E-state index in [0.29, 0.717) is 28.5 Å². The number of phenols is 1. The zero-order valence-electron chi connectivity index (χ0n) is 57.0. The Hall–Kier alpha value is -11.3. The van der Waals surface area contributed by atoms with Gasteiger partial charge >= 0.3 is 17.9 Å². The Kier molecular flexibility index (Phi) is 23.1. The lowest BCUT2D eigenvalue weighted by molar-refractivity contribution is 0.0683. The third-order valence-electron chi connectivity index (χ3n) is 15.6. The van der Waals surface area contributed by atoms with Crippen molar-refractivity contribution < 1.29 is 64.5 Å². The number of halogens is 2. The van der Waals surface area contributed by atoms with Crippen LogP contribution in [0.15, 0.2) is 147 Å². The molecule has 27 heteroatoms. The van der Waals surface area contributed by atoms with Gasteiger partial charge in [-0.1, -0.05) is 147 Å². The van der Waals surface area contributed by atoms with Crippen molar-refractivity contribution in [1.29, 1.82) is 0 Å². The molecule has 0 aliphatic carbocycles. The van der Waals surface area contributed by atoms with Crippen molar-refractivity contribution in [2.45, 2.75) is 99.3 Å². The largest absolute Gasteiger partial charge is 0.507 e. The summed E-state index contributed by atoms with van der Waals surface area (Å²) in [5, 5.41) is 94.4. The first-order chi connectivity index (χ1) is 46.2. The number of hydrogen-bond acceptors (Lipinski definition) is 16. The van der Waals surface area contributed by atoms with Gasteiger partial charge in [0.1, 0.15) is 28.4 Å². The van der Waals surface area contributed by atoms with Gasteiger partial charge in [0.25, 0.3) is 17.7 Å². The van der Waals surface area contributed by atoms with Gasteiger partial charge in [-0.05, 0) is 124 Å². The second-order valence-corrected chi connectivity index (χ2v) is 27.2. The third-order valence-corrected chi connectivity index (χ3v) is 16.5. The van der Waals surface area contributed by atoms with Crippen molar-refractivity contribution in [3.8, 4) is 56.8 Å². The van der Waals surface area contributed by atoms with Crippen molar-refractivity contribution in [3.63, 3.8) is 0 Å². The molecule has 0 unspecified atom stereocenters. The number of aromatic hydroxyl groups is 4. The summed E-state index contributed by atoms with van der Waals surface area (Å²) in [5.74, 6) is -6.04. The maximum Gasteiger partial charge on any atom is 0.339 e. The predicted molar refractivity (Wildman–Crippen MR) is 381 cm³/mol. The van der Waals surface area contributed by atoms with Gasteiger partial charge in [0.15, 0.2) is 34.3 Å². The van der Waals surface area contributed by atoms with Gasteiger partial charge in [-0.15, -0.1) is 0 Å². The molecule has 0 spiro atoms. The van der Waals surface area contributed by atoms with Crippen LogP contribution in [0.1, 0.15) is 179 Å². The number of aryl methyl sites for hydroxylation is 3. The van der Waals surface area contributed by atoms with Crippen LogP contribution in [0.4, 0.5) is 0 Å². The van der Waals surface area contributed by atoms with Gasteiger partial charge in [0.2, 0.25) is 0 Å². The van der Waals surface area contributed by atoms with E-state index in [0.717, 1.165) is 34.4 Å². The highest BCUT2D eigenvalue weighted by Crippen LogP contribution is 2.37. The van der Waals surface area contributed by atoms with Crippen LogP contribution >= 0.6 is 27.5 Å². The summed E-state index contributed by atoms with van der Waals surface area (Å²) in [6.07, 6.45) is 0. The van der Waals surface area contributed by atoms with E-state index >= 15 is 0 Å². The molecule has 0 saturated heterocycles. The van der Waals surface area contributed by atoms with E-state index in [1.165, 1.54) is 53.6 Å². The quantitative estimate of drug-likeness (QED) is 0.0337. The molecule has 25 nitrogen and oxygen atoms in total. The number of carbonyl (C=O) groups is 6. The Balaban J connectivity index is 0.000000209. The van der Waals surface area contributed by atoms with Crippen molar-refractivity contribution in [1.82, 2.24) is 45.6 Å². The first-order valence-electron chi connectivity index (χ1n) is 30.5. The van der Waals surface area contributed by atoms with Crippen molar-refractivity contribution in [2.75, 3.05) is 0 Å². The number of benzene rings is 6. The molecule has 3 aromatic heterocycles. The van der Waals surface area contributed by atoms with Crippen LogP contribution in [-0.2, 0) is 37.4 Å². The highest BCUT2D eigenvalue weighted by molar-refractivity contribution is 9.10. The number of carboxylic acid groups (broad SMARTS) is 3. The molecule has 0 aliphatic heterocycles. The summed E-state index contributed by atoms with van der Waals surface area (Å²) in [7, 11) is 5.15. The molecule has 0 atom stereocenters. The minimum atomic E-state index is -1.30. The van der Waals surface area contributed by atoms with E-state index in [1.807, 2.05) is 72.8 Å². The zero-order valence-corrected chi connectivity index (χ0v) is 59.3. The lowest BCUT2D eigenvalue weighted by Crippen LogP contribution is -2.19. The summed E-state index contributed by atoms with van der Waals surface area (Å²) in [6.45, 7) is 24.0. The Morgan fingerprint density at radius 1 is 0.414 bits per heavy atom. The number of rotatable bonds is 15. The molecule has 0 aliphatic rings. The third kappa shape index (κ3) is 17.9. The molecule has 6 aromatic carbocycles. The van der Waals surface area contributed by atoms with Crippen LogP contribution in [0, 0.1) is 0 Å². The number of aromatic nitrogens is 6. The van der Waals surface area contributed by atoms with E-state index < -0.39 is 41.4 Å². The van der Waals surface area contributed by atoms with Crippen LogP contribution in [0.3, 0.4) is 0 Å². The second-order valence-electron chi connectivity index (χ2n) is 25.9. The zero-order chi connectivity index (χ0) is 73.5. The monoisotopic (exact) mass is 1430 g/mol. The van der Waals surface area contributed by atoms with Gasteiger partial charge < -0.3 is 35.7 Å². The SMILES string of the molecule is C/C(=N\NC(=O)c1ccc(C(=O)O)c(Br)c1)c1nn(C)c(-c2ccc(C(C)(C)C)cc2)c1O.C/C(=N\NC(=O)c1ccc(C(=O)O)c(Cl)c1)c1nn(C)c(-c2ccc(C(C)(C)C)cc2)c1O.C/C(=N\NC(=O)c1ccc(C(=O)O)c(O)c1)c1nn(C)c(-c2ccc(C(C)(C)C)cc2)c1O. The van der Waals surface area contributed by atoms with Crippen molar-refractivity contribution >= 4 is 80.3 Å². The van der Waals surface area contributed by atoms with Crippen LogP contribution < -0.4 is 16.3 Å². The topological polar surface area (TPSA) is 371 Å². The molecule has 10 N–H and O–H groups in total. The summed E-state index contributed by atoms with van der Waals surface area (Å²) >= 11 is 9.07. The number of nitrogens with one attached hydrogen (secondary N) is 3. The minimum Gasteiger partial charge on any atom is -0.507 e. The number of nitrogens with zero attached hydrogens (tertiary/aromatic N) is 9. The van der Waals surface area contributed by atoms with E-state index in [1.54, 1.807) is 56.0 Å². The molecule has 0 radical (unpaired) electrons. The standard InChI is InChI=1S/C24H25BrN4O4.C24H25ClN4O4.C24H26N4O5/c2*1-13(26-27-22(31)15-8-11-17(23(32)33)18(25)12-15)19-21(30)20(29(5)28-19)14-6-9-16(10-7-14)24(2,3)4;1-13(25-26-22(31)15-8-11-17(23(32)33)18(29)12-15)19-21(30)20(28(5)27-19)14-6-9-16(10-7-14)24(2,3)4/h2*6-12,30H,1-5H3,(H,27,31)(H,32,33);6-12,29-30H,1-5H3,(H,26,31)(H,32,33)/b2*26-13+;25-13+. The highest BCUT2D eigenvalue weighted by Gasteiger charge is 2.26. The average Bonchev–Trinajstić information content (AvgIpc) is 1.66. The van der Waals surface area contributed by atoms with Crippen LogP contribution in [0.25, 0.3) is 33.8 Å². The second kappa shape index (κ2) is 30.4. The number of aromatic carboxylic acids is 3. The molecule has 9 aromatic rings. The molecule has 3 heterocycles. The Morgan fingerprint density at radius 2 is 0.687 bits per heavy atom. The minimum absolute atomic E-state index is 0.00435. The summed E-state index contributed by atoms with van der Waals surface area (Å²) in [5.41, 5.74) is 16.2. The molecule has 99 heavy (non-hydrogen) atoms. The maximum atomic E-state index is 12.4. The molecule has 0 saturated carbocycles. The number of hydrogen-bond donors (Lipinski definition) is 10. The fourth-order valence-corrected chi connectivity index (χ4v) is 10.7. The fraction of sp³-hybridized carbons (Fsp3) is 0.250. The van der Waals surface area contributed by atoms with Gasteiger partial charge in [0.05, 0.1) is 33.3 Å². The number of amides is 3. The van der Waals surface area contributed by atoms with Crippen LogP contribution in [0.5, 0.6) is 23.0 Å². The average molecular weight is 1430 g/mol. The molecule has 516 valence electrons. The van der Waals surface area contributed by atoms with Crippen molar-refractivity contribution in [2.24, 2.45) is 36.4 Å². The van der Waals surface area contributed by atoms with Crippen LogP contribution in [0.2, 0.25) is 5.02 Å². The normalized spacial score (nSPS) is 12.0. The maximum absolute atomic E-state index is 12.4. The molecule has 0 fully saturated rings. The summed E-state index contributed by atoms with van der Waals surface area (Å²) in [6, 6.07) is 35.1. The van der Waals surface area contributed by atoms with Gasteiger partial charge in [-0.25, -0.2) is 30.7 Å². The van der Waals surface area contributed by atoms with E-state index in [-0.39, 0.29) is 99.2 Å². The molecular formula is C72H76BrClN12O13. The lowest BCUT2D eigenvalue weighted by Gasteiger charge is -2.19. The Labute approximate surface area is 584 Å². The summed E-state index contributed by atoms with van der Waals surface area (Å²) < 4.78 is 4.95. The Bertz CT molecular complexity index is 4230. The first-order valence-corrected chi connectivity index (χ1v) is 31.6. The molecule has 9 rings (SSSR count). The van der Waals surface area contributed by atoms with Gasteiger partial charge in [-0.3, -0.25) is 28.4 Å². The predicted octanol–water partition coefficient (Wildman–Crippen LogP) is 12.9. The fourth-order valence-electron chi connectivity index (χ4n) is 9.89. The van der Waals surface area contributed by atoms with Crippen molar-refractivity contribution in [3.05, 3.63) is 204 Å². The number of hydrazone groups is 3. The summed E-state index contributed by atoms with van der Waals surface area (Å²) in [4.78, 5) is 70.3. The van der Waals surface area contributed by atoms with E-state index in [2.05, 4.69) is 125 Å². The van der Waals surface area contributed by atoms with E-state index in [4.69, 9.17) is 26.9 Å². The first kappa shape index (κ1) is 75.1. The van der Waals surface area contributed by atoms with Gasteiger partial charge in [-0.2, -0.15) is 30.6 Å². The Morgan fingerprint density at radius 3 is 0.949 bits per heavy atom. The molecule has 0 bridgehead atoms. The van der Waals surface area contributed by atoms with Gasteiger partial charge in [0, 0.05) is 59.0 Å². The smallest absolute Gasteiger partial charge is 0.339 e. The lowest BCUT2D eigenvalue weighted by atomic mass is 9.86. The van der Waals surface area contributed by atoms with E-state index in [9.17, 15) is 49.2 Å². The highest BCUT2D eigenvalue weighted by atomic mass is 79.9. The molecular weight excluding hydrogens is 1360 g/mol. The number of carboxylic acids is 3. The van der Waals surface area contributed by atoms with Crippen LogP contribution in [-0.4, -0.2) is 118 Å². The molecule has 3 amide bonds.